The van der Waals surface area contributed by atoms with Crippen LogP contribution in [0.3, 0.4) is 0 Å². The maximum absolute atomic E-state index is 11.8. The molecule has 0 saturated carbocycles. The van der Waals surface area contributed by atoms with Gasteiger partial charge in [0, 0.05) is 22.3 Å². The predicted molar refractivity (Wildman–Crippen MR) is 114 cm³/mol. The fourth-order valence-electron chi connectivity index (χ4n) is 3.34. The SMILES string of the molecule is CCNCC(C)C(O)(c1ccccc1)c1ccc(Sc2ccccc2)cc1. The van der Waals surface area contributed by atoms with E-state index in [2.05, 4.69) is 55.6 Å². The Hall–Kier alpha value is -2.07. The molecule has 0 aliphatic rings. The number of aliphatic hydroxyl groups is 1. The van der Waals surface area contributed by atoms with Gasteiger partial charge in [0.1, 0.15) is 5.60 Å². The molecular formula is C24H27NOS. The average molecular weight is 378 g/mol. The van der Waals surface area contributed by atoms with Crippen molar-refractivity contribution < 1.29 is 5.11 Å². The highest BCUT2D eigenvalue weighted by Crippen LogP contribution is 2.38. The third-order valence-corrected chi connectivity index (χ3v) is 5.92. The van der Waals surface area contributed by atoms with Crippen LogP contribution in [0.2, 0.25) is 0 Å². The largest absolute Gasteiger partial charge is 0.380 e. The van der Waals surface area contributed by atoms with Crippen LogP contribution in [0.15, 0.2) is 94.7 Å². The van der Waals surface area contributed by atoms with Crippen molar-refractivity contribution in [1.29, 1.82) is 0 Å². The Balaban J connectivity index is 1.90. The van der Waals surface area contributed by atoms with Gasteiger partial charge in [0.25, 0.3) is 0 Å². The van der Waals surface area contributed by atoms with Gasteiger partial charge in [0.05, 0.1) is 0 Å². The molecule has 0 heterocycles. The minimum atomic E-state index is -1.03. The standard InChI is InChI=1S/C24H27NOS/c1-3-25-18-19(2)24(26,20-10-6-4-7-11-20)21-14-16-23(17-15-21)27-22-12-8-5-9-13-22/h4-17,19,25-26H,3,18H2,1-2H3. The summed E-state index contributed by atoms with van der Waals surface area (Å²) in [5.74, 6) is 0.0347. The van der Waals surface area contributed by atoms with Crippen molar-refractivity contribution in [3.8, 4) is 0 Å². The molecule has 0 radical (unpaired) electrons. The smallest absolute Gasteiger partial charge is 0.118 e. The van der Waals surface area contributed by atoms with Crippen molar-refractivity contribution in [3.63, 3.8) is 0 Å². The number of nitrogens with one attached hydrogen (secondary N) is 1. The van der Waals surface area contributed by atoms with Gasteiger partial charge >= 0.3 is 0 Å². The predicted octanol–water partition coefficient (Wildman–Crippen LogP) is 5.32. The summed E-state index contributed by atoms with van der Waals surface area (Å²) in [5.41, 5.74) is 0.828. The first-order chi connectivity index (χ1) is 13.1. The molecule has 27 heavy (non-hydrogen) atoms. The minimum Gasteiger partial charge on any atom is -0.380 e. The monoisotopic (exact) mass is 377 g/mol. The Labute approximate surface area is 166 Å². The maximum atomic E-state index is 11.8. The molecule has 3 heteroatoms. The van der Waals surface area contributed by atoms with E-state index in [0.717, 1.165) is 24.2 Å². The molecule has 0 bridgehead atoms. The number of hydrogen-bond donors (Lipinski definition) is 2. The van der Waals surface area contributed by atoms with E-state index < -0.39 is 5.60 Å². The third-order valence-electron chi connectivity index (χ3n) is 4.90. The van der Waals surface area contributed by atoms with Crippen LogP contribution in [0, 0.1) is 5.92 Å². The molecule has 3 aromatic carbocycles. The highest BCUT2D eigenvalue weighted by atomic mass is 32.2. The Morgan fingerprint density at radius 3 is 1.93 bits per heavy atom. The fourth-order valence-corrected chi connectivity index (χ4v) is 4.18. The van der Waals surface area contributed by atoms with Gasteiger partial charge in [-0.2, -0.15) is 0 Å². The summed E-state index contributed by atoms with van der Waals surface area (Å²) in [6.45, 7) is 5.83. The zero-order valence-electron chi connectivity index (χ0n) is 15.9. The van der Waals surface area contributed by atoms with Crippen molar-refractivity contribution in [1.82, 2.24) is 5.32 Å². The highest BCUT2D eigenvalue weighted by Gasteiger charge is 2.37. The van der Waals surface area contributed by atoms with Gasteiger partial charge in [-0.3, -0.25) is 0 Å². The van der Waals surface area contributed by atoms with E-state index in [1.165, 1.54) is 9.79 Å². The maximum Gasteiger partial charge on any atom is 0.118 e. The first-order valence-corrected chi connectivity index (χ1v) is 10.3. The summed E-state index contributed by atoms with van der Waals surface area (Å²) in [5, 5.41) is 15.2. The van der Waals surface area contributed by atoms with Crippen LogP contribution in [-0.2, 0) is 5.60 Å². The van der Waals surface area contributed by atoms with E-state index in [9.17, 15) is 5.11 Å². The van der Waals surface area contributed by atoms with Crippen molar-refractivity contribution in [2.24, 2.45) is 5.92 Å². The Morgan fingerprint density at radius 2 is 1.33 bits per heavy atom. The molecular weight excluding hydrogens is 350 g/mol. The lowest BCUT2D eigenvalue weighted by atomic mass is 9.77. The van der Waals surface area contributed by atoms with E-state index >= 15 is 0 Å². The number of hydrogen-bond acceptors (Lipinski definition) is 3. The molecule has 0 amide bonds. The van der Waals surface area contributed by atoms with Gasteiger partial charge in [-0.15, -0.1) is 0 Å². The zero-order valence-corrected chi connectivity index (χ0v) is 16.7. The van der Waals surface area contributed by atoms with Gasteiger partial charge in [-0.25, -0.2) is 0 Å². The molecule has 2 atom stereocenters. The van der Waals surface area contributed by atoms with Gasteiger partial charge in [-0.1, -0.05) is 86.3 Å². The molecule has 0 aromatic heterocycles. The van der Waals surface area contributed by atoms with Crippen molar-refractivity contribution in [2.75, 3.05) is 13.1 Å². The molecule has 2 unspecified atom stereocenters. The summed E-state index contributed by atoms with van der Waals surface area (Å²) >= 11 is 1.73. The highest BCUT2D eigenvalue weighted by molar-refractivity contribution is 7.99. The van der Waals surface area contributed by atoms with E-state index in [1.54, 1.807) is 11.8 Å². The second-order valence-corrected chi connectivity index (χ2v) is 7.93. The second kappa shape index (κ2) is 9.23. The molecule has 0 aliphatic heterocycles. The Bertz CT molecular complexity index is 820. The van der Waals surface area contributed by atoms with E-state index in [0.29, 0.717) is 0 Å². The molecule has 140 valence electrons. The van der Waals surface area contributed by atoms with E-state index in [1.807, 2.05) is 48.5 Å². The van der Waals surface area contributed by atoms with Gasteiger partial charge < -0.3 is 10.4 Å². The van der Waals surface area contributed by atoms with Crippen LogP contribution < -0.4 is 5.32 Å². The first-order valence-electron chi connectivity index (χ1n) is 9.46. The lowest BCUT2D eigenvalue weighted by Crippen LogP contribution is -2.40. The van der Waals surface area contributed by atoms with Crippen LogP contribution in [0.25, 0.3) is 0 Å². The molecule has 3 aromatic rings. The van der Waals surface area contributed by atoms with Crippen molar-refractivity contribution >= 4 is 11.8 Å². The van der Waals surface area contributed by atoms with Gasteiger partial charge in [0.2, 0.25) is 0 Å². The van der Waals surface area contributed by atoms with Crippen LogP contribution in [0.1, 0.15) is 25.0 Å². The summed E-state index contributed by atoms with van der Waals surface area (Å²) < 4.78 is 0. The van der Waals surface area contributed by atoms with Crippen LogP contribution >= 0.6 is 11.8 Å². The summed E-state index contributed by atoms with van der Waals surface area (Å²) in [7, 11) is 0. The summed E-state index contributed by atoms with van der Waals surface area (Å²) in [4.78, 5) is 2.38. The number of benzene rings is 3. The second-order valence-electron chi connectivity index (χ2n) is 6.78. The molecule has 0 spiro atoms. The molecule has 0 aliphatic carbocycles. The van der Waals surface area contributed by atoms with Gasteiger partial charge in [0.15, 0.2) is 0 Å². The van der Waals surface area contributed by atoms with Crippen molar-refractivity contribution in [3.05, 3.63) is 96.1 Å². The molecule has 0 fully saturated rings. The minimum absolute atomic E-state index is 0.0347. The number of rotatable bonds is 8. The molecule has 2 nitrogen and oxygen atoms in total. The van der Waals surface area contributed by atoms with Crippen LogP contribution in [-0.4, -0.2) is 18.2 Å². The average Bonchev–Trinajstić information content (AvgIpc) is 2.73. The third kappa shape index (κ3) is 4.62. The fraction of sp³-hybridized carbons (Fsp3) is 0.250. The quantitative estimate of drug-likeness (QED) is 0.557. The Kier molecular flexibility index (Phi) is 6.73. The zero-order chi connectivity index (χ0) is 19.1. The molecule has 3 rings (SSSR count). The van der Waals surface area contributed by atoms with Crippen molar-refractivity contribution in [2.45, 2.75) is 29.2 Å². The topological polar surface area (TPSA) is 32.3 Å². The summed E-state index contributed by atoms with van der Waals surface area (Å²) in [6, 6.07) is 28.6. The van der Waals surface area contributed by atoms with Gasteiger partial charge in [-0.05, 0) is 41.9 Å². The lowest BCUT2D eigenvalue weighted by molar-refractivity contribution is 0.0243. The normalized spacial score (nSPS) is 14.5. The van der Waals surface area contributed by atoms with Crippen LogP contribution in [0.4, 0.5) is 0 Å². The molecule has 2 N–H and O–H groups in total. The lowest BCUT2D eigenvalue weighted by Gasteiger charge is -2.35. The van der Waals surface area contributed by atoms with Crippen LogP contribution in [0.5, 0.6) is 0 Å². The first kappa shape index (κ1) is 19.7. The van der Waals surface area contributed by atoms with E-state index in [4.69, 9.17) is 0 Å². The molecule has 0 saturated heterocycles. The Morgan fingerprint density at radius 1 is 0.815 bits per heavy atom. The summed E-state index contributed by atoms with van der Waals surface area (Å²) in [6.07, 6.45) is 0. The van der Waals surface area contributed by atoms with E-state index in [-0.39, 0.29) is 5.92 Å².